The minimum atomic E-state index is -0.757. The predicted molar refractivity (Wildman–Crippen MR) is 133 cm³/mol. The van der Waals surface area contributed by atoms with E-state index in [1.54, 1.807) is 50.4 Å². The van der Waals surface area contributed by atoms with Crippen LogP contribution in [0, 0.1) is 0 Å². The number of hydrogen-bond acceptors (Lipinski definition) is 4. The van der Waals surface area contributed by atoms with E-state index in [4.69, 9.17) is 32.7 Å². The van der Waals surface area contributed by atoms with Gasteiger partial charge < -0.3 is 19.7 Å². The summed E-state index contributed by atoms with van der Waals surface area (Å²) < 4.78 is 11.0. The molecule has 0 saturated heterocycles. The molecule has 1 atom stereocenters. The number of nitrogens with zero attached hydrogens (tertiary/aromatic N) is 1. The van der Waals surface area contributed by atoms with Crippen LogP contribution in [0.1, 0.15) is 18.1 Å². The van der Waals surface area contributed by atoms with E-state index in [2.05, 4.69) is 5.32 Å². The summed E-state index contributed by atoms with van der Waals surface area (Å²) in [7, 11) is 1.58. The molecule has 0 fully saturated rings. The van der Waals surface area contributed by atoms with Crippen LogP contribution in [-0.2, 0) is 22.7 Å². The number of amides is 2. The molecule has 0 aliphatic carbocycles. The third-order valence-electron chi connectivity index (χ3n) is 5.27. The van der Waals surface area contributed by atoms with Crippen molar-refractivity contribution in [2.24, 2.45) is 0 Å². The first-order chi connectivity index (χ1) is 16.4. The molecule has 6 nitrogen and oxygen atoms in total. The first kappa shape index (κ1) is 25.4. The van der Waals surface area contributed by atoms with Gasteiger partial charge in [0, 0.05) is 23.7 Å². The second-order valence-electron chi connectivity index (χ2n) is 7.57. The molecule has 0 spiro atoms. The lowest BCUT2D eigenvalue weighted by Crippen LogP contribution is -2.48. The summed E-state index contributed by atoms with van der Waals surface area (Å²) in [5, 5.41) is 3.88. The Morgan fingerprint density at radius 3 is 2.26 bits per heavy atom. The molecule has 0 radical (unpaired) electrons. The molecule has 0 saturated carbocycles. The van der Waals surface area contributed by atoms with Crippen LogP contribution >= 0.6 is 23.2 Å². The van der Waals surface area contributed by atoms with E-state index < -0.39 is 6.04 Å². The normalized spacial score (nSPS) is 11.4. The van der Waals surface area contributed by atoms with Crippen LogP contribution in [0.3, 0.4) is 0 Å². The Morgan fingerprint density at radius 1 is 0.941 bits per heavy atom. The maximum atomic E-state index is 13.2. The summed E-state index contributed by atoms with van der Waals surface area (Å²) in [6.07, 6.45) is 0. The van der Waals surface area contributed by atoms with Gasteiger partial charge in [-0.3, -0.25) is 9.59 Å². The molecule has 3 aromatic carbocycles. The van der Waals surface area contributed by atoms with Gasteiger partial charge in [0.25, 0.3) is 5.91 Å². The molecule has 0 unspecified atom stereocenters. The van der Waals surface area contributed by atoms with Gasteiger partial charge in [0.05, 0.1) is 12.1 Å². The average molecular weight is 501 g/mol. The maximum Gasteiger partial charge on any atom is 0.261 e. The first-order valence-electron chi connectivity index (χ1n) is 10.7. The quantitative estimate of drug-likeness (QED) is 0.419. The number of methoxy groups -OCH3 is 1. The van der Waals surface area contributed by atoms with Gasteiger partial charge in [0.15, 0.2) is 6.61 Å². The molecule has 178 valence electrons. The topological polar surface area (TPSA) is 67.9 Å². The van der Waals surface area contributed by atoms with Crippen molar-refractivity contribution in [3.63, 3.8) is 0 Å². The number of hydrogen-bond donors (Lipinski definition) is 1. The number of carbonyl (C=O) groups is 2. The van der Waals surface area contributed by atoms with E-state index in [-0.39, 0.29) is 31.5 Å². The zero-order valence-corrected chi connectivity index (χ0v) is 20.5. The highest BCUT2D eigenvalue weighted by molar-refractivity contribution is 6.32. The zero-order chi connectivity index (χ0) is 24.5. The van der Waals surface area contributed by atoms with E-state index in [1.165, 1.54) is 4.90 Å². The molecular formula is C26H26Cl2N2O4. The van der Waals surface area contributed by atoms with Gasteiger partial charge in [-0.1, -0.05) is 65.7 Å². The summed E-state index contributed by atoms with van der Waals surface area (Å²) in [4.78, 5) is 27.6. The fourth-order valence-electron chi connectivity index (χ4n) is 3.33. The Balaban J connectivity index is 1.72. The Bertz CT molecular complexity index is 1120. The molecule has 0 bridgehead atoms. The Hall–Kier alpha value is -3.22. The minimum absolute atomic E-state index is 0.213. The van der Waals surface area contributed by atoms with Crippen LogP contribution in [-0.4, -0.2) is 36.5 Å². The van der Waals surface area contributed by atoms with Crippen molar-refractivity contribution in [1.82, 2.24) is 10.2 Å². The van der Waals surface area contributed by atoms with Gasteiger partial charge in [-0.05, 0) is 42.8 Å². The van der Waals surface area contributed by atoms with Crippen molar-refractivity contribution < 1.29 is 19.1 Å². The van der Waals surface area contributed by atoms with Crippen LogP contribution in [0.2, 0.25) is 10.0 Å². The van der Waals surface area contributed by atoms with E-state index in [9.17, 15) is 9.59 Å². The second-order valence-corrected chi connectivity index (χ2v) is 8.42. The Morgan fingerprint density at radius 2 is 1.59 bits per heavy atom. The summed E-state index contributed by atoms with van der Waals surface area (Å²) in [5.41, 5.74) is 1.67. The highest BCUT2D eigenvalue weighted by Crippen LogP contribution is 2.23. The molecule has 8 heteroatoms. The van der Waals surface area contributed by atoms with Crippen LogP contribution in [0.15, 0.2) is 72.8 Å². The van der Waals surface area contributed by atoms with E-state index in [0.717, 1.165) is 11.1 Å². The molecule has 1 N–H and O–H groups in total. The fourth-order valence-corrected chi connectivity index (χ4v) is 3.65. The first-order valence-corrected chi connectivity index (χ1v) is 11.5. The summed E-state index contributed by atoms with van der Waals surface area (Å²) in [5.74, 6) is 0.427. The minimum Gasteiger partial charge on any atom is -0.496 e. The van der Waals surface area contributed by atoms with Crippen molar-refractivity contribution in [2.45, 2.75) is 26.1 Å². The number of rotatable bonds is 10. The predicted octanol–water partition coefficient (Wildman–Crippen LogP) is 5.11. The zero-order valence-electron chi connectivity index (χ0n) is 19.0. The third-order valence-corrected chi connectivity index (χ3v) is 5.83. The largest absolute Gasteiger partial charge is 0.496 e. The molecule has 0 heterocycles. The van der Waals surface area contributed by atoms with Crippen molar-refractivity contribution in [2.75, 3.05) is 13.7 Å². The van der Waals surface area contributed by atoms with Gasteiger partial charge in [0.1, 0.15) is 17.5 Å². The van der Waals surface area contributed by atoms with Crippen molar-refractivity contribution in [1.29, 1.82) is 0 Å². The maximum absolute atomic E-state index is 13.2. The summed E-state index contributed by atoms with van der Waals surface area (Å²) in [6, 6.07) is 20.7. The lowest BCUT2D eigenvalue weighted by Gasteiger charge is -2.29. The smallest absolute Gasteiger partial charge is 0.261 e. The van der Waals surface area contributed by atoms with Gasteiger partial charge in [-0.2, -0.15) is 0 Å². The molecular weight excluding hydrogens is 475 g/mol. The van der Waals surface area contributed by atoms with Gasteiger partial charge in [-0.15, -0.1) is 0 Å². The molecule has 0 aromatic heterocycles. The molecule has 0 aliphatic rings. The van der Waals surface area contributed by atoms with E-state index in [0.29, 0.717) is 21.5 Å². The van der Waals surface area contributed by atoms with E-state index in [1.807, 2.05) is 36.4 Å². The highest BCUT2D eigenvalue weighted by atomic mass is 35.5. The molecule has 0 aliphatic heterocycles. The summed E-state index contributed by atoms with van der Waals surface area (Å²) >= 11 is 12.1. The number of benzene rings is 3. The average Bonchev–Trinajstić information content (AvgIpc) is 2.86. The van der Waals surface area contributed by atoms with Gasteiger partial charge in [0.2, 0.25) is 5.91 Å². The SMILES string of the molecule is COc1ccccc1CNC(=O)[C@H](C)N(Cc1ccc(Cl)cc1)C(=O)COc1ccccc1Cl. The van der Waals surface area contributed by atoms with Crippen molar-refractivity contribution in [3.05, 3.63) is 94.0 Å². The highest BCUT2D eigenvalue weighted by Gasteiger charge is 2.27. The van der Waals surface area contributed by atoms with Gasteiger partial charge in [-0.25, -0.2) is 0 Å². The van der Waals surface area contributed by atoms with Crippen LogP contribution in [0.25, 0.3) is 0 Å². The Kier molecular flexibility index (Phi) is 9.19. The van der Waals surface area contributed by atoms with Crippen molar-refractivity contribution >= 4 is 35.0 Å². The molecule has 3 rings (SSSR count). The Labute approximate surface area is 209 Å². The van der Waals surface area contributed by atoms with Crippen LogP contribution < -0.4 is 14.8 Å². The van der Waals surface area contributed by atoms with Crippen molar-refractivity contribution in [3.8, 4) is 11.5 Å². The lowest BCUT2D eigenvalue weighted by atomic mass is 10.1. The standard InChI is InChI=1S/C26H26Cl2N2O4/c1-18(26(32)29-15-20-7-3-5-9-23(20)33-2)30(16-19-11-13-21(27)14-12-19)25(31)17-34-24-10-6-4-8-22(24)28/h3-14,18H,15-17H2,1-2H3,(H,29,32)/t18-/m0/s1. The van der Waals surface area contributed by atoms with Crippen LogP contribution in [0.4, 0.5) is 0 Å². The van der Waals surface area contributed by atoms with E-state index >= 15 is 0 Å². The molecule has 2 amide bonds. The second kappa shape index (κ2) is 12.3. The van der Waals surface area contributed by atoms with Gasteiger partial charge >= 0.3 is 0 Å². The number of para-hydroxylation sites is 2. The third kappa shape index (κ3) is 6.89. The molecule has 3 aromatic rings. The number of carbonyl (C=O) groups excluding carboxylic acids is 2. The lowest BCUT2D eigenvalue weighted by molar-refractivity contribution is -0.142. The number of ether oxygens (including phenoxy) is 2. The number of nitrogens with one attached hydrogen (secondary N) is 1. The molecule has 34 heavy (non-hydrogen) atoms. The fraction of sp³-hybridized carbons (Fsp3) is 0.231. The number of halogens is 2. The monoisotopic (exact) mass is 500 g/mol. The van der Waals surface area contributed by atoms with Crippen LogP contribution in [0.5, 0.6) is 11.5 Å². The summed E-state index contributed by atoms with van der Waals surface area (Å²) in [6.45, 7) is 1.90.